The molecule has 0 spiro atoms. The Bertz CT molecular complexity index is 621. The van der Waals surface area contributed by atoms with Gasteiger partial charge < -0.3 is 5.11 Å². The number of carbonyl (C=O) groups is 1. The summed E-state index contributed by atoms with van der Waals surface area (Å²) < 4.78 is 1.52. The smallest absolute Gasteiger partial charge is 0.248 e. The molecule has 0 aliphatic carbocycles. The zero-order chi connectivity index (χ0) is 15.4. The Balaban J connectivity index is 2.08. The SMILES string of the molecule is Cc1nnc(NC(=O)Cn2nnc(CO)c2CC(C)C)s1. The molecule has 0 unspecified atom stereocenters. The van der Waals surface area contributed by atoms with Crippen LogP contribution in [0.15, 0.2) is 0 Å². The highest BCUT2D eigenvalue weighted by molar-refractivity contribution is 7.15. The molecule has 0 radical (unpaired) electrons. The van der Waals surface area contributed by atoms with Crippen LogP contribution < -0.4 is 5.32 Å². The van der Waals surface area contributed by atoms with E-state index in [0.717, 1.165) is 10.7 Å². The van der Waals surface area contributed by atoms with Crippen LogP contribution in [0.2, 0.25) is 0 Å². The summed E-state index contributed by atoms with van der Waals surface area (Å²) in [5.74, 6) is 0.131. The van der Waals surface area contributed by atoms with Gasteiger partial charge in [-0.15, -0.1) is 15.3 Å². The van der Waals surface area contributed by atoms with E-state index in [1.54, 1.807) is 0 Å². The molecule has 0 atom stereocenters. The van der Waals surface area contributed by atoms with Crippen molar-refractivity contribution in [2.75, 3.05) is 5.32 Å². The van der Waals surface area contributed by atoms with Crippen LogP contribution in [0.3, 0.4) is 0 Å². The minimum Gasteiger partial charge on any atom is -0.390 e. The molecule has 2 rings (SSSR count). The summed E-state index contributed by atoms with van der Waals surface area (Å²) in [6, 6.07) is 0. The number of rotatable bonds is 6. The molecule has 2 aromatic rings. The zero-order valence-corrected chi connectivity index (χ0v) is 13.0. The van der Waals surface area contributed by atoms with Gasteiger partial charge in [0.05, 0.1) is 12.3 Å². The van der Waals surface area contributed by atoms with Gasteiger partial charge in [-0.1, -0.05) is 30.4 Å². The third-order valence-electron chi connectivity index (χ3n) is 2.74. The highest BCUT2D eigenvalue weighted by Gasteiger charge is 2.16. The molecule has 0 bridgehead atoms. The van der Waals surface area contributed by atoms with Gasteiger partial charge in [0.15, 0.2) is 0 Å². The predicted molar refractivity (Wildman–Crippen MR) is 77.8 cm³/mol. The Morgan fingerprint density at radius 3 is 2.71 bits per heavy atom. The molecule has 2 aromatic heterocycles. The van der Waals surface area contributed by atoms with Crippen LogP contribution in [0.4, 0.5) is 5.13 Å². The molecular weight excluding hydrogens is 292 g/mol. The van der Waals surface area contributed by atoms with E-state index < -0.39 is 0 Å². The molecule has 8 nitrogen and oxygen atoms in total. The molecule has 0 aromatic carbocycles. The van der Waals surface area contributed by atoms with Gasteiger partial charge in [-0.2, -0.15) is 0 Å². The molecule has 0 saturated carbocycles. The number of amides is 1. The van der Waals surface area contributed by atoms with E-state index in [0.29, 0.717) is 23.2 Å². The summed E-state index contributed by atoms with van der Waals surface area (Å²) in [4.78, 5) is 12.0. The second-order valence-electron chi connectivity index (χ2n) is 5.07. The van der Waals surface area contributed by atoms with Crippen molar-refractivity contribution >= 4 is 22.4 Å². The standard InChI is InChI=1S/C12H18N6O2S/c1-7(2)4-10-9(6-19)15-17-18(10)5-11(20)13-12-16-14-8(3)21-12/h7,19H,4-6H2,1-3H3,(H,13,16,20). The van der Waals surface area contributed by atoms with Crippen molar-refractivity contribution in [3.63, 3.8) is 0 Å². The lowest BCUT2D eigenvalue weighted by Gasteiger charge is -2.09. The number of nitrogens with zero attached hydrogens (tertiary/aromatic N) is 5. The number of hydrogen-bond donors (Lipinski definition) is 2. The van der Waals surface area contributed by atoms with Gasteiger partial charge in [-0.05, 0) is 19.3 Å². The maximum Gasteiger partial charge on any atom is 0.248 e. The molecular formula is C12H18N6O2S. The van der Waals surface area contributed by atoms with Crippen molar-refractivity contribution in [3.05, 3.63) is 16.4 Å². The van der Waals surface area contributed by atoms with Gasteiger partial charge in [0.1, 0.15) is 17.2 Å². The van der Waals surface area contributed by atoms with Gasteiger partial charge in [0.2, 0.25) is 11.0 Å². The Hall–Kier alpha value is -1.87. The van der Waals surface area contributed by atoms with Crippen LogP contribution in [0, 0.1) is 12.8 Å². The predicted octanol–water partition coefficient (Wildman–Crippen LogP) is 0.768. The lowest BCUT2D eigenvalue weighted by Crippen LogP contribution is -2.21. The van der Waals surface area contributed by atoms with Gasteiger partial charge >= 0.3 is 0 Å². The van der Waals surface area contributed by atoms with Crippen molar-refractivity contribution in [1.29, 1.82) is 0 Å². The van der Waals surface area contributed by atoms with E-state index in [1.165, 1.54) is 16.0 Å². The summed E-state index contributed by atoms with van der Waals surface area (Å²) in [5.41, 5.74) is 1.30. The molecule has 1 amide bonds. The fraction of sp³-hybridized carbons (Fsp3) is 0.583. The molecule has 9 heteroatoms. The van der Waals surface area contributed by atoms with Crippen LogP contribution in [-0.4, -0.2) is 36.2 Å². The second-order valence-corrected chi connectivity index (χ2v) is 6.25. The van der Waals surface area contributed by atoms with Gasteiger partial charge in [-0.3, -0.25) is 10.1 Å². The molecule has 0 saturated heterocycles. The van der Waals surface area contributed by atoms with E-state index >= 15 is 0 Å². The highest BCUT2D eigenvalue weighted by Crippen LogP contribution is 2.15. The van der Waals surface area contributed by atoms with E-state index in [1.807, 2.05) is 6.92 Å². The molecule has 0 aliphatic rings. The molecule has 114 valence electrons. The Kier molecular flexibility index (Phi) is 4.97. The summed E-state index contributed by atoms with van der Waals surface area (Å²) in [6.45, 7) is 5.79. The second kappa shape index (κ2) is 6.72. The number of aliphatic hydroxyl groups is 1. The Labute approximate surface area is 126 Å². The number of aromatic nitrogens is 5. The van der Waals surface area contributed by atoms with Crippen molar-refractivity contribution in [2.24, 2.45) is 5.92 Å². The minimum absolute atomic E-state index is 0.0354. The first-order chi connectivity index (χ1) is 9.99. The third-order valence-corrected chi connectivity index (χ3v) is 3.49. The minimum atomic E-state index is -0.245. The maximum absolute atomic E-state index is 12.0. The van der Waals surface area contributed by atoms with Crippen LogP contribution in [0.25, 0.3) is 0 Å². The largest absolute Gasteiger partial charge is 0.390 e. The third kappa shape index (κ3) is 4.05. The monoisotopic (exact) mass is 310 g/mol. The molecule has 2 N–H and O–H groups in total. The molecule has 2 heterocycles. The number of aliphatic hydroxyl groups excluding tert-OH is 1. The van der Waals surface area contributed by atoms with E-state index in [4.69, 9.17) is 0 Å². The van der Waals surface area contributed by atoms with Crippen LogP contribution in [0.1, 0.15) is 30.2 Å². The van der Waals surface area contributed by atoms with Gasteiger partial charge in [0.25, 0.3) is 0 Å². The van der Waals surface area contributed by atoms with Crippen LogP contribution >= 0.6 is 11.3 Å². The molecule has 0 aliphatic heterocycles. The van der Waals surface area contributed by atoms with Gasteiger partial charge in [0, 0.05) is 0 Å². The van der Waals surface area contributed by atoms with E-state index in [-0.39, 0.29) is 19.1 Å². The van der Waals surface area contributed by atoms with Crippen molar-refractivity contribution < 1.29 is 9.90 Å². The normalized spacial score (nSPS) is 11.1. The quantitative estimate of drug-likeness (QED) is 0.816. The topological polar surface area (TPSA) is 106 Å². The lowest BCUT2D eigenvalue weighted by atomic mass is 10.1. The zero-order valence-electron chi connectivity index (χ0n) is 12.2. The lowest BCUT2D eigenvalue weighted by molar-refractivity contribution is -0.117. The first kappa shape index (κ1) is 15.5. The number of nitrogens with one attached hydrogen (secondary N) is 1. The highest BCUT2D eigenvalue weighted by atomic mass is 32.1. The molecule has 0 fully saturated rings. The number of carbonyl (C=O) groups excluding carboxylic acids is 1. The average molecular weight is 310 g/mol. The fourth-order valence-corrected chi connectivity index (χ4v) is 2.48. The Morgan fingerprint density at radius 1 is 1.38 bits per heavy atom. The van der Waals surface area contributed by atoms with Crippen LogP contribution in [0.5, 0.6) is 0 Å². The van der Waals surface area contributed by atoms with E-state index in [2.05, 4.69) is 39.7 Å². The number of aryl methyl sites for hydroxylation is 1. The fourth-order valence-electron chi connectivity index (χ4n) is 1.87. The summed E-state index contributed by atoms with van der Waals surface area (Å²) in [5, 5.41) is 28.7. The van der Waals surface area contributed by atoms with E-state index in [9.17, 15) is 9.90 Å². The van der Waals surface area contributed by atoms with Crippen molar-refractivity contribution in [2.45, 2.75) is 40.3 Å². The summed E-state index contributed by atoms with van der Waals surface area (Å²) >= 11 is 1.31. The first-order valence-corrected chi connectivity index (χ1v) is 7.43. The van der Waals surface area contributed by atoms with Crippen molar-refractivity contribution in [3.8, 4) is 0 Å². The average Bonchev–Trinajstić information content (AvgIpc) is 2.96. The van der Waals surface area contributed by atoms with Crippen LogP contribution in [-0.2, 0) is 24.4 Å². The Morgan fingerprint density at radius 2 is 2.14 bits per heavy atom. The summed E-state index contributed by atoms with van der Waals surface area (Å²) in [7, 11) is 0. The van der Waals surface area contributed by atoms with Gasteiger partial charge in [-0.25, -0.2) is 4.68 Å². The first-order valence-electron chi connectivity index (χ1n) is 6.61. The number of hydrogen-bond acceptors (Lipinski definition) is 7. The van der Waals surface area contributed by atoms with Crippen molar-refractivity contribution in [1.82, 2.24) is 25.2 Å². The number of anilines is 1. The molecule has 21 heavy (non-hydrogen) atoms. The maximum atomic E-state index is 12.0. The summed E-state index contributed by atoms with van der Waals surface area (Å²) in [6.07, 6.45) is 0.702.